The van der Waals surface area contributed by atoms with Crippen molar-refractivity contribution in [2.75, 3.05) is 11.9 Å². The largest absolute Gasteiger partial charge is 0.436 e. The number of rotatable bonds is 4. The van der Waals surface area contributed by atoms with Crippen LogP contribution in [0.15, 0.2) is 48.7 Å². The molecular weight excluding hydrogens is 269 g/mol. The van der Waals surface area contributed by atoms with Crippen LogP contribution in [0.4, 0.5) is 10.3 Å². The van der Waals surface area contributed by atoms with E-state index in [0.29, 0.717) is 18.2 Å². The number of nitrogens with zero attached hydrogens (tertiary/aromatic N) is 2. The average molecular weight is 283 g/mol. The normalized spacial score (nSPS) is 10.6. The Labute approximate surface area is 121 Å². The fourth-order valence-electron chi connectivity index (χ4n) is 2.01. The monoisotopic (exact) mass is 283 g/mol. The minimum atomic E-state index is -0.593. The first-order chi connectivity index (χ1) is 10.3. The van der Waals surface area contributed by atoms with Gasteiger partial charge in [0.1, 0.15) is 5.75 Å². The van der Waals surface area contributed by atoms with E-state index in [1.807, 2.05) is 43.3 Å². The third-order valence-corrected chi connectivity index (χ3v) is 2.98. The van der Waals surface area contributed by atoms with Gasteiger partial charge in [0, 0.05) is 6.54 Å². The molecule has 0 fully saturated rings. The molecule has 0 amide bonds. The summed E-state index contributed by atoms with van der Waals surface area (Å²) in [5.41, 5.74) is 0. The van der Waals surface area contributed by atoms with Gasteiger partial charge in [-0.1, -0.05) is 30.3 Å². The van der Waals surface area contributed by atoms with Gasteiger partial charge in [-0.15, -0.1) is 0 Å². The van der Waals surface area contributed by atoms with Gasteiger partial charge in [0.2, 0.25) is 11.8 Å². The average Bonchev–Trinajstić information content (AvgIpc) is 2.51. The van der Waals surface area contributed by atoms with Crippen LogP contribution in [0.3, 0.4) is 0 Å². The van der Waals surface area contributed by atoms with Crippen molar-refractivity contribution in [2.45, 2.75) is 6.92 Å². The Balaban J connectivity index is 1.92. The van der Waals surface area contributed by atoms with Crippen molar-refractivity contribution in [2.24, 2.45) is 0 Å². The molecule has 0 radical (unpaired) electrons. The van der Waals surface area contributed by atoms with Crippen LogP contribution in [0, 0.1) is 5.82 Å². The maximum atomic E-state index is 13.7. The summed E-state index contributed by atoms with van der Waals surface area (Å²) in [6, 6.07) is 13.5. The number of nitrogens with one attached hydrogen (secondary N) is 1. The molecule has 21 heavy (non-hydrogen) atoms. The maximum Gasteiger partial charge on any atom is 0.260 e. The Morgan fingerprint density at radius 2 is 1.95 bits per heavy atom. The van der Waals surface area contributed by atoms with Crippen molar-refractivity contribution < 1.29 is 9.13 Å². The van der Waals surface area contributed by atoms with Crippen LogP contribution in [0.2, 0.25) is 0 Å². The molecule has 0 atom stereocenters. The van der Waals surface area contributed by atoms with Crippen LogP contribution in [0.25, 0.3) is 10.8 Å². The van der Waals surface area contributed by atoms with E-state index in [4.69, 9.17) is 4.74 Å². The van der Waals surface area contributed by atoms with Crippen molar-refractivity contribution in [3.63, 3.8) is 0 Å². The molecule has 106 valence electrons. The number of hydrogen-bond donors (Lipinski definition) is 1. The molecule has 0 unspecified atom stereocenters. The van der Waals surface area contributed by atoms with Crippen LogP contribution in [-0.2, 0) is 0 Å². The summed E-state index contributed by atoms with van der Waals surface area (Å²) in [4.78, 5) is 7.86. The maximum absolute atomic E-state index is 13.7. The number of hydrogen-bond acceptors (Lipinski definition) is 4. The molecule has 3 aromatic rings. The van der Waals surface area contributed by atoms with Gasteiger partial charge in [0.05, 0.1) is 6.20 Å². The van der Waals surface area contributed by atoms with E-state index in [1.54, 1.807) is 6.07 Å². The minimum Gasteiger partial charge on any atom is -0.436 e. The molecule has 0 saturated heterocycles. The topological polar surface area (TPSA) is 47.0 Å². The Morgan fingerprint density at radius 3 is 2.76 bits per heavy atom. The van der Waals surface area contributed by atoms with Gasteiger partial charge in [-0.3, -0.25) is 0 Å². The van der Waals surface area contributed by atoms with Gasteiger partial charge >= 0.3 is 0 Å². The number of benzene rings is 2. The Hall–Kier alpha value is -2.69. The van der Waals surface area contributed by atoms with Crippen LogP contribution in [-0.4, -0.2) is 16.5 Å². The lowest BCUT2D eigenvalue weighted by atomic mass is 10.1. The molecule has 4 nitrogen and oxygen atoms in total. The highest BCUT2D eigenvalue weighted by Gasteiger charge is 2.09. The summed E-state index contributed by atoms with van der Waals surface area (Å²) < 4.78 is 19.3. The van der Waals surface area contributed by atoms with Crippen molar-refractivity contribution in [3.8, 4) is 11.6 Å². The number of anilines is 1. The second-order valence-electron chi connectivity index (χ2n) is 4.49. The molecule has 1 heterocycles. The Morgan fingerprint density at radius 1 is 1.14 bits per heavy atom. The molecule has 0 aliphatic rings. The molecule has 0 bridgehead atoms. The van der Waals surface area contributed by atoms with Crippen molar-refractivity contribution in [1.82, 2.24) is 9.97 Å². The minimum absolute atomic E-state index is 0.0868. The van der Waals surface area contributed by atoms with Gasteiger partial charge in [0.15, 0.2) is 0 Å². The lowest BCUT2D eigenvalue weighted by Gasteiger charge is -2.08. The fourth-order valence-corrected chi connectivity index (χ4v) is 2.01. The van der Waals surface area contributed by atoms with E-state index in [1.165, 1.54) is 0 Å². The molecule has 0 spiro atoms. The summed E-state index contributed by atoms with van der Waals surface area (Å²) >= 11 is 0. The number of ether oxygens (including phenoxy) is 1. The van der Waals surface area contributed by atoms with E-state index >= 15 is 0 Å². The van der Waals surface area contributed by atoms with Crippen LogP contribution >= 0.6 is 0 Å². The summed E-state index contributed by atoms with van der Waals surface area (Å²) in [7, 11) is 0. The molecule has 0 aliphatic carbocycles. The third-order valence-electron chi connectivity index (χ3n) is 2.98. The van der Waals surface area contributed by atoms with E-state index in [0.717, 1.165) is 17.0 Å². The highest BCUT2D eigenvalue weighted by atomic mass is 19.1. The van der Waals surface area contributed by atoms with Crippen molar-refractivity contribution in [1.29, 1.82) is 0 Å². The van der Waals surface area contributed by atoms with E-state index in [9.17, 15) is 4.39 Å². The predicted molar refractivity (Wildman–Crippen MR) is 80.2 cm³/mol. The Kier molecular flexibility index (Phi) is 3.64. The number of aromatic nitrogens is 2. The second-order valence-corrected chi connectivity index (χ2v) is 4.49. The zero-order valence-corrected chi connectivity index (χ0v) is 11.5. The summed E-state index contributed by atoms with van der Waals surface area (Å²) in [5, 5.41) is 5.04. The third kappa shape index (κ3) is 2.91. The van der Waals surface area contributed by atoms with Crippen LogP contribution in [0.5, 0.6) is 11.6 Å². The van der Waals surface area contributed by atoms with Crippen molar-refractivity contribution >= 4 is 16.7 Å². The van der Waals surface area contributed by atoms with E-state index in [2.05, 4.69) is 15.3 Å². The predicted octanol–water partition coefficient (Wildman–Crippen LogP) is 3.99. The molecule has 5 heteroatoms. The van der Waals surface area contributed by atoms with Crippen LogP contribution in [0.1, 0.15) is 6.92 Å². The van der Waals surface area contributed by atoms with Gasteiger partial charge in [-0.05, 0) is 29.8 Å². The zero-order chi connectivity index (χ0) is 14.7. The smallest absolute Gasteiger partial charge is 0.260 e. The number of halogens is 1. The van der Waals surface area contributed by atoms with Gasteiger partial charge < -0.3 is 10.1 Å². The molecule has 0 saturated carbocycles. The van der Waals surface area contributed by atoms with E-state index in [-0.39, 0.29) is 5.88 Å². The van der Waals surface area contributed by atoms with Gasteiger partial charge in [-0.25, -0.2) is 4.98 Å². The standard InChI is InChI=1S/C16H14FN3O/c1-2-18-16-19-10-14(17)15(20-16)21-13-8-7-11-5-3-4-6-12(11)9-13/h3-10H,2H2,1H3,(H,18,19,20). The molecule has 1 aromatic heterocycles. The number of fused-ring (bicyclic) bond motifs is 1. The van der Waals surface area contributed by atoms with Crippen molar-refractivity contribution in [3.05, 3.63) is 54.5 Å². The first kappa shape index (κ1) is 13.3. The summed E-state index contributed by atoms with van der Waals surface area (Å²) in [6.45, 7) is 2.57. The molecule has 1 N–H and O–H groups in total. The van der Waals surface area contributed by atoms with E-state index < -0.39 is 5.82 Å². The second kappa shape index (κ2) is 5.75. The summed E-state index contributed by atoms with van der Waals surface area (Å²) in [6.07, 6.45) is 1.10. The van der Waals surface area contributed by atoms with Gasteiger partial charge in [-0.2, -0.15) is 9.37 Å². The zero-order valence-electron chi connectivity index (χ0n) is 11.5. The molecular formula is C16H14FN3O. The molecule has 2 aromatic carbocycles. The highest BCUT2D eigenvalue weighted by molar-refractivity contribution is 5.83. The lowest BCUT2D eigenvalue weighted by molar-refractivity contribution is 0.421. The SMILES string of the molecule is CCNc1ncc(F)c(Oc2ccc3ccccc3c2)n1. The summed E-state index contributed by atoms with van der Waals surface area (Å²) in [5.74, 6) is 0.199. The highest BCUT2D eigenvalue weighted by Crippen LogP contribution is 2.26. The van der Waals surface area contributed by atoms with Crippen LogP contribution < -0.4 is 10.1 Å². The molecule has 0 aliphatic heterocycles. The first-order valence-corrected chi connectivity index (χ1v) is 6.69. The van der Waals surface area contributed by atoms with Gasteiger partial charge in [0.25, 0.3) is 5.88 Å². The molecule has 3 rings (SSSR count). The quantitative estimate of drug-likeness (QED) is 0.786. The fraction of sp³-hybridized carbons (Fsp3) is 0.125. The first-order valence-electron chi connectivity index (χ1n) is 6.69. The Bertz CT molecular complexity index is 776. The lowest BCUT2D eigenvalue weighted by Crippen LogP contribution is -2.04.